The van der Waals surface area contributed by atoms with Crippen LogP contribution >= 0.6 is 0 Å². The van der Waals surface area contributed by atoms with Crippen LogP contribution in [0.1, 0.15) is 48.5 Å². The third-order valence-electron chi connectivity index (χ3n) is 5.34. The molecule has 2 heterocycles. The van der Waals surface area contributed by atoms with Crippen molar-refractivity contribution < 1.29 is 4.79 Å². The number of carbonyl (C=O) groups is 1. The van der Waals surface area contributed by atoms with E-state index in [1.54, 1.807) is 12.4 Å². The highest BCUT2D eigenvalue weighted by molar-refractivity contribution is 5.97. The van der Waals surface area contributed by atoms with Crippen molar-refractivity contribution in [3.63, 3.8) is 0 Å². The van der Waals surface area contributed by atoms with E-state index < -0.39 is 0 Å². The molecule has 134 valence electrons. The number of carbonyl (C=O) groups excluding carboxylic acids is 1. The summed E-state index contributed by atoms with van der Waals surface area (Å²) < 4.78 is 1.87. The second-order valence-corrected chi connectivity index (χ2v) is 7.27. The summed E-state index contributed by atoms with van der Waals surface area (Å²) in [5.74, 6) is 0.506. The van der Waals surface area contributed by atoms with E-state index in [-0.39, 0.29) is 11.9 Å². The van der Waals surface area contributed by atoms with E-state index in [1.165, 1.54) is 24.8 Å². The van der Waals surface area contributed by atoms with Gasteiger partial charge < -0.3 is 5.32 Å². The molecule has 0 unspecified atom stereocenters. The summed E-state index contributed by atoms with van der Waals surface area (Å²) >= 11 is 0. The van der Waals surface area contributed by atoms with Gasteiger partial charge in [-0.25, -0.2) is 9.67 Å². The van der Waals surface area contributed by atoms with Crippen LogP contribution in [-0.2, 0) is 6.54 Å². The summed E-state index contributed by atoms with van der Waals surface area (Å²) in [4.78, 5) is 17.1. The predicted octanol–water partition coefficient (Wildman–Crippen LogP) is 3.79. The second-order valence-electron chi connectivity index (χ2n) is 7.27. The molecule has 0 spiro atoms. The molecular weight excluding hydrogens is 324 g/mol. The number of amides is 1. The van der Waals surface area contributed by atoms with Crippen molar-refractivity contribution in [3.8, 4) is 0 Å². The Morgan fingerprint density at radius 2 is 2.00 bits per heavy atom. The van der Waals surface area contributed by atoms with E-state index in [0.717, 1.165) is 17.5 Å². The summed E-state index contributed by atoms with van der Waals surface area (Å²) in [5.41, 5.74) is 2.58. The first-order valence-corrected chi connectivity index (χ1v) is 9.37. The fourth-order valence-corrected chi connectivity index (χ4v) is 3.75. The maximum absolute atomic E-state index is 12.6. The fraction of sp³-hybridized carbons (Fsp3) is 0.381. The van der Waals surface area contributed by atoms with Crippen molar-refractivity contribution in [1.29, 1.82) is 0 Å². The van der Waals surface area contributed by atoms with Crippen LogP contribution in [0, 0.1) is 5.92 Å². The van der Waals surface area contributed by atoms with E-state index in [4.69, 9.17) is 0 Å². The number of aromatic nitrogens is 3. The molecule has 0 aliphatic heterocycles. The Hall–Kier alpha value is -2.69. The molecule has 1 amide bonds. The van der Waals surface area contributed by atoms with E-state index in [1.807, 2.05) is 28.9 Å². The predicted molar refractivity (Wildman–Crippen MR) is 102 cm³/mol. The average molecular weight is 348 g/mol. The van der Waals surface area contributed by atoms with Gasteiger partial charge in [0, 0.05) is 17.6 Å². The molecule has 1 saturated carbocycles. The van der Waals surface area contributed by atoms with Gasteiger partial charge in [-0.3, -0.25) is 4.79 Å². The Morgan fingerprint density at radius 3 is 2.81 bits per heavy atom. The molecule has 3 aromatic rings. The van der Waals surface area contributed by atoms with Crippen LogP contribution in [0.25, 0.3) is 11.0 Å². The van der Waals surface area contributed by atoms with Crippen LogP contribution in [0.5, 0.6) is 0 Å². The lowest BCUT2D eigenvalue weighted by Gasteiger charge is -2.29. The van der Waals surface area contributed by atoms with Crippen LogP contribution < -0.4 is 5.32 Å². The summed E-state index contributed by atoms with van der Waals surface area (Å²) in [5, 5.41) is 8.53. The number of nitrogens with zero attached hydrogens (tertiary/aromatic N) is 3. The molecule has 4 rings (SSSR count). The Bertz CT molecular complexity index is 903. The van der Waals surface area contributed by atoms with Crippen molar-refractivity contribution in [2.75, 3.05) is 0 Å². The highest BCUT2D eigenvalue weighted by Crippen LogP contribution is 2.24. The van der Waals surface area contributed by atoms with Crippen LogP contribution in [0.15, 0.2) is 48.8 Å². The monoisotopic (exact) mass is 348 g/mol. The van der Waals surface area contributed by atoms with Gasteiger partial charge in [0.05, 0.1) is 18.3 Å². The highest BCUT2D eigenvalue weighted by atomic mass is 16.1. The zero-order valence-corrected chi connectivity index (χ0v) is 15.1. The number of hydrogen-bond donors (Lipinski definition) is 1. The van der Waals surface area contributed by atoms with Gasteiger partial charge in [0.15, 0.2) is 5.65 Å². The van der Waals surface area contributed by atoms with Gasteiger partial charge in [-0.05, 0) is 30.4 Å². The minimum Gasteiger partial charge on any atom is -0.349 e. The van der Waals surface area contributed by atoms with Crippen molar-refractivity contribution in [3.05, 3.63) is 59.9 Å². The lowest BCUT2D eigenvalue weighted by atomic mass is 9.86. The van der Waals surface area contributed by atoms with Gasteiger partial charge in [-0.1, -0.05) is 50.1 Å². The van der Waals surface area contributed by atoms with E-state index in [0.29, 0.717) is 18.0 Å². The zero-order chi connectivity index (χ0) is 17.9. The van der Waals surface area contributed by atoms with Gasteiger partial charge in [-0.2, -0.15) is 5.10 Å². The summed E-state index contributed by atoms with van der Waals surface area (Å²) in [7, 11) is 0. The smallest absolute Gasteiger partial charge is 0.253 e. The largest absolute Gasteiger partial charge is 0.349 e. The molecule has 0 radical (unpaired) electrons. The zero-order valence-electron chi connectivity index (χ0n) is 15.1. The van der Waals surface area contributed by atoms with Crippen molar-refractivity contribution in [1.82, 2.24) is 20.1 Å². The molecule has 1 aromatic carbocycles. The van der Waals surface area contributed by atoms with Gasteiger partial charge in [0.2, 0.25) is 0 Å². The summed E-state index contributed by atoms with van der Waals surface area (Å²) in [6.07, 6.45) is 8.16. The summed E-state index contributed by atoms with van der Waals surface area (Å²) in [6, 6.07) is 12.3. The SMILES string of the molecule is C[C@H]1CCCC[C@H]1NC(=O)c1cnc2c(cnn2Cc2ccccc2)c1. The van der Waals surface area contributed by atoms with Gasteiger partial charge in [0.25, 0.3) is 5.91 Å². The fourth-order valence-electron chi connectivity index (χ4n) is 3.75. The van der Waals surface area contributed by atoms with Gasteiger partial charge in [0.1, 0.15) is 0 Å². The highest BCUT2D eigenvalue weighted by Gasteiger charge is 2.23. The molecule has 0 saturated heterocycles. The number of benzene rings is 1. The Morgan fingerprint density at radius 1 is 1.19 bits per heavy atom. The minimum atomic E-state index is -0.0334. The Balaban J connectivity index is 1.52. The topological polar surface area (TPSA) is 59.8 Å². The molecule has 1 aliphatic carbocycles. The molecule has 0 bridgehead atoms. The Kier molecular flexibility index (Phi) is 4.69. The van der Waals surface area contributed by atoms with E-state index in [2.05, 4.69) is 34.5 Å². The molecule has 1 fully saturated rings. The number of pyridine rings is 1. The Labute approximate surface area is 153 Å². The number of fused-ring (bicyclic) bond motifs is 1. The first-order chi connectivity index (χ1) is 12.7. The van der Waals surface area contributed by atoms with E-state index >= 15 is 0 Å². The molecular formula is C21H24N4O. The molecule has 2 aromatic heterocycles. The minimum absolute atomic E-state index is 0.0334. The number of rotatable bonds is 4. The summed E-state index contributed by atoms with van der Waals surface area (Å²) in [6.45, 7) is 2.89. The standard InChI is InChI=1S/C21H24N4O/c1-15-7-5-6-10-19(15)24-21(26)18-11-17-13-23-25(20(17)22-12-18)14-16-8-3-2-4-9-16/h2-4,8-9,11-13,15,19H,5-7,10,14H2,1H3,(H,24,26)/t15-,19+/m0/s1. The average Bonchev–Trinajstić information content (AvgIpc) is 3.06. The normalized spacial score (nSPS) is 20.2. The van der Waals surface area contributed by atoms with Crippen molar-refractivity contribution in [2.24, 2.45) is 5.92 Å². The lowest BCUT2D eigenvalue weighted by molar-refractivity contribution is 0.0910. The van der Waals surface area contributed by atoms with Crippen LogP contribution in [-0.4, -0.2) is 26.7 Å². The number of hydrogen-bond acceptors (Lipinski definition) is 3. The van der Waals surface area contributed by atoms with Crippen LogP contribution in [0.3, 0.4) is 0 Å². The first-order valence-electron chi connectivity index (χ1n) is 9.37. The third kappa shape index (κ3) is 3.47. The lowest BCUT2D eigenvalue weighted by Crippen LogP contribution is -2.41. The molecule has 26 heavy (non-hydrogen) atoms. The third-order valence-corrected chi connectivity index (χ3v) is 5.34. The van der Waals surface area contributed by atoms with Gasteiger partial charge in [-0.15, -0.1) is 0 Å². The second kappa shape index (κ2) is 7.28. The number of nitrogens with one attached hydrogen (secondary N) is 1. The molecule has 1 aliphatic rings. The van der Waals surface area contributed by atoms with Crippen LogP contribution in [0.4, 0.5) is 0 Å². The van der Waals surface area contributed by atoms with E-state index in [9.17, 15) is 4.79 Å². The quantitative estimate of drug-likeness (QED) is 0.780. The maximum atomic E-state index is 12.6. The molecule has 5 nitrogen and oxygen atoms in total. The first kappa shape index (κ1) is 16.8. The molecule has 2 atom stereocenters. The maximum Gasteiger partial charge on any atom is 0.253 e. The van der Waals surface area contributed by atoms with Crippen molar-refractivity contribution >= 4 is 16.9 Å². The molecule has 5 heteroatoms. The van der Waals surface area contributed by atoms with Gasteiger partial charge >= 0.3 is 0 Å². The molecule has 1 N–H and O–H groups in total. The van der Waals surface area contributed by atoms with Crippen molar-refractivity contribution in [2.45, 2.75) is 45.2 Å². The van der Waals surface area contributed by atoms with Crippen LogP contribution in [0.2, 0.25) is 0 Å².